The van der Waals surface area contributed by atoms with Gasteiger partial charge in [0.15, 0.2) is 5.82 Å². The number of sulfonamides is 1. The Bertz CT molecular complexity index is 653. The second-order valence-corrected chi connectivity index (χ2v) is 5.25. The van der Waals surface area contributed by atoms with Gasteiger partial charge in [0.25, 0.3) is 10.0 Å². The largest absolute Gasteiger partial charge is 0.337 e. The van der Waals surface area contributed by atoms with Crippen LogP contribution in [0.4, 0.5) is 4.39 Å². The molecule has 0 unspecified atom stereocenters. The first kappa shape index (κ1) is 12.7. The van der Waals surface area contributed by atoms with E-state index in [1.165, 1.54) is 12.3 Å². The molecule has 0 bridgehead atoms. The molecular formula is C10H11FN4O2S. The highest BCUT2D eigenvalue weighted by Crippen LogP contribution is 2.10. The average Bonchev–Trinajstić information content (AvgIpc) is 2.73. The van der Waals surface area contributed by atoms with Crippen molar-refractivity contribution in [3.8, 4) is 0 Å². The second-order valence-electron chi connectivity index (χ2n) is 3.57. The van der Waals surface area contributed by atoms with E-state index in [1.54, 1.807) is 24.0 Å². The van der Waals surface area contributed by atoms with E-state index < -0.39 is 20.9 Å². The first-order chi connectivity index (χ1) is 8.50. The Morgan fingerprint density at radius 3 is 2.78 bits per heavy atom. The van der Waals surface area contributed by atoms with Crippen LogP contribution in [-0.4, -0.2) is 23.0 Å². The number of nitrogens with one attached hydrogen (secondary N) is 1. The summed E-state index contributed by atoms with van der Waals surface area (Å²) in [6, 6.07) is 2.37. The Labute approximate surface area is 104 Å². The molecule has 0 aromatic carbocycles. The first-order valence-corrected chi connectivity index (χ1v) is 6.55. The lowest BCUT2D eigenvalue weighted by molar-refractivity contribution is 0.542. The number of nitrogens with zero attached hydrogens (tertiary/aromatic N) is 3. The summed E-state index contributed by atoms with van der Waals surface area (Å²) in [5.74, 6) is -0.361. The highest BCUT2D eigenvalue weighted by molar-refractivity contribution is 7.89. The summed E-state index contributed by atoms with van der Waals surface area (Å²) in [5, 5.41) is -0.612. The molecule has 2 rings (SSSR count). The van der Waals surface area contributed by atoms with E-state index >= 15 is 0 Å². The van der Waals surface area contributed by atoms with Gasteiger partial charge in [-0.2, -0.15) is 0 Å². The lowest BCUT2D eigenvalue weighted by atomic mass is 10.5. The van der Waals surface area contributed by atoms with E-state index in [4.69, 9.17) is 0 Å². The van der Waals surface area contributed by atoms with E-state index in [0.29, 0.717) is 5.82 Å². The maximum absolute atomic E-state index is 13.3. The topological polar surface area (TPSA) is 76.9 Å². The molecule has 18 heavy (non-hydrogen) atoms. The molecule has 0 saturated heterocycles. The lowest BCUT2D eigenvalue weighted by Crippen LogP contribution is -2.26. The van der Waals surface area contributed by atoms with Gasteiger partial charge in [0.05, 0.1) is 6.54 Å². The Balaban J connectivity index is 2.19. The molecule has 0 aliphatic carbocycles. The molecular weight excluding hydrogens is 259 g/mol. The molecule has 0 aliphatic heterocycles. The number of rotatable bonds is 4. The van der Waals surface area contributed by atoms with E-state index in [2.05, 4.69) is 14.7 Å². The number of halogens is 1. The van der Waals surface area contributed by atoms with Crippen molar-refractivity contribution in [1.29, 1.82) is 0 Å². The van der Waals surface area contributed by atoms with Crippen LogP contribution in [0.3, 0.4) is 0 Å². The van der Waals surface area contributed by atoms with Crippen LogP contribution in [0.5, 0.6) is 0 Å². The summed E-state index contributed by atoms with van der Waals surface area (Å²) in [4.78, 5) is 7.48. The number of aryl methyl sites for hydroxylation is 1. The number of hydrogen-bond donors (Lipinski definition) is 1. The standard InChI is InChI=1S/C10H11FN4O2S/c1-15-6-5-12-9(15)7-14-18(16,17)10-8(11)3-2-4-13-10/h2-6,14H,7H2,1H3. The molecule has 8 heteroatoms. The zero-order valence-electron chi connectivity index (χ0n) is 9.54. The summed E-state index contributed by atoms with van der Waals surface area (Å²) < 4.78 is 40.9. The van der Waals surface area contributed by atoms with Gasteiger partial charge in [0, 0.05) is 25.6 Å². The normalized spacial score (nSPS) is 11.7. The monoisotopic (exact) mass is 270 g/mol. The van der Waals surface area contributed by atoms with E-state index in [-0.39, 0.29) is 6.54 Å². The third-order valence-electron chi connectivity index (χ3n) is 2.32. The molecule has 1 N–H and O–H groups in total. The predicted octanol–water partition coefficient (Wildman–Crippen LogP) is 0.433. The minimum absolute atomic E-state index is 0.0259. The van der Waals surface area contributed by atoms with Crippen molar-refractivity contribution >= 4 is 10.0 Å². The average molecular weight is 270 g/mol. The molecule has 96 valence electrons. The third kappa shape index (κ3) is 2.54. The van der Waals surface area contributed by atoms with Gasteiger partial charge in [0.2, 0.25) is 5.03 Å². The number of pyridine rings is 1. The van der Waals surface area contributed by atoms with Crippen LogP contribution in [0.15, 0.2) is 35.7 Å². The molecule has 0 spiro atoms. The molecule has 0 saturated carbocycles. The highest BCUT2D eigenvalue weighted by Gasteiger charge is 2.20. The zero-order valence-corrected chi connectivity index (χ0v) is 10.4. The van der Waals surface area contributed by atoms with Gasteiger partial charge in [-0.3, -0.25) is 0 Å². The van der Waals surface area contributed by atoms with E-state index in [1.807, 2.05) is 0 Å². The summed E-state index contributed by atoms with van der Waals surface area (Å²) in [7, 11) is -2.24. The van der Waals surface area contributed by atoms with E-state index in [9.17, 15) is 12.8 Å². The summed E-state index contributed by atoms with van der Waals surface area (Å²) >= 11 is 0. The van der Waals surface area contributed by atoms with Crippen LogP contribution in [0.2, 0.25) is 0 Å². The first-order valence-electron chi connectivity index (χ1n) is 5.07. The molecule has 0 radical (unpaired) electrons. The minimum atomic E-state index is -3.97. The van der Waals surface area contributed by atoms with Gasteiger partial charge < -0.3 is 4.57 Å². The number of aromatic nitrogens is 3. The van der Waals surface area contributed by atoms with Crippen LogP contribution >= 0.6 is 0 Å². The maximum atomic E-state index is 13.3. The zero-order chi connectivity index (χ0) is 13.2. The highest BCUT2D eigenvalue weighted by atomic mass is 32.2. The predicted molar refractivity (Wildman–Crippen MR) is 61.4 cm³/mol. The fourth-order valence-corrected chi connectivity index (χ4v) is 2.34. The van der Waals surface area contributed by atoms with Crippen molar-refractivity contribution in [2.45, 2.75) is 11.6 Å². The van der Waals surface area contributed by atoms with Crippen molar-refractivity contribution in [1.82, 2.24) is 19.3 Å². The molecule has 0 fully saturated rings. The SMILES string of the molecule is Cn1ccnc1CNS(=O)(=O)c1ncccc1F. The Morgan fingerprint density at radius 2 is 2.17 bits per heavy atom. The summed E-state index contributed by atoms with van der Waals surface area (Å²) in [6.45, 7) is -0.0259. The minimum Gasteiger partial charge on any atom is -0.337 e. The van der Waals surface area contributed by atoms with Crippen molar-refractivity contribution in [2.75, 3.05) is 0 Å². The molecule has 0 amide bonds. The molecule has 2 aromatic rings. The molecule has 0 aliphatic rings. The number of imidazole rings is 1. The third-order valence-corrected chi connectivity index (χ3v) is 3.65. The van der Waals surface area contributed by atoms with Crippen LogP contribution in [0, 0.1) is 5.82 Å². The maximum Gasteiger partial charge on any atom is 0.261 e. The van der Waals surface area contributed by atoms with Gasteiger partial charge in [-0.15, -0.1) is 0 Å². The molecule has 2 aromatic heterocycles. The Hall–Kier alpha value is -1.80. The fraction of sp³-hybridized carbons (Fsp3) is 0.200. The molecule has 2 heterocycles. The quantitative estimate of drug-likeness (QED) is 0.874. The van der Waals surface area contributed by atoms with E-state index in [0.717, 1.165) is 6.07 Å². The molecule has 6 nitrogen and oxygen atoms in total. The van der Waals surface area contributed by atoms with Gasteiger partial charge in [0.1, 0.15) is 5.82 Å². The van der Waals surface area contributed by atoms with Gasteiger partial charge >= 0.3 is 0 Å². The van der Waals surface area contributed by atoms with Crippen LogP contribution in [0.25, 0.3) is 0 Å². The summed E-state index contributed by atoms with van der Waals surface area (Å²) in [6.07, 6.45) is 4.45. The fourth-order valence-electron chi connectivity index (χ4n) is 1.36. The Kier molecular flexibility index (Phi) is 3.39. The van der Waals surface area contributed by atoms with Crippen molar-refractivity contribution in [2.24, 2.45) is 7.05 Å². The lowest BCUT2D eigenvalue weighted by Gasteiger charge is -2.06. The second kappa shape index (κ2) is 4.83. The van der Waals surface area contributed by atoms with Gasteiger partial charge in [-0.05, 0) is 12.1 Å². The van der Waals surface area contributed by atoms with Crippen molar-refractivity contribution in [3.63, 3.8) is 0 Å². The summed E-state index contributed by atoms with van der Waals surface area (Å²) in [5.41, 5.74) is 0. The van der Waals surface area contributed by atoms with Crippen molar-refractivity contribution < 1.29 is 12.8 Å². The van der Waals surface area contributed by atoms with Crippen LogP contribution in [-0.2, 0) is 23.6 Å². The van der Waals surface area contributed by atoms with Gasteiger partial charge in [-0.25, -0.2) is 27.5 Å². The van der Waals surface area contributed by atoms with Crippen LogP contribution in [0.1, 0.15) is 5.82 Å². The Morgan fingerprint density at radius 1 is 1.39 bits per heavy atom. The van der Waals surface area contributed by atoms with Crippen LogP contribution < -0.4 is 4.72 Å². The smallest absolute Gasteiger partial charge is 0.261 e. The van der Waals surface area contributed by atoms with Crippen molar-refractivity contribution in [3.05, 3.63) is 42.4 Å². The molecule has 0 atom stereocenters. The van der Waals surface area contributed by atoms with Gasteiger partial charge in [-0.1, -0.05) is 0 Å². The number of hydrogen-bond acceptors (Lipinski definition) is 4.